The number of pyridine rings is 1. The maximum atomic E-state index is 12.9. The average molecular weight is 498 g/mol. The van der Waals surface area contributed by atoms with Gasteiger partial charge < -0.3 is 25.8 Å². The number of anilines is 1. The number of benzene rings is 2. The van der Waals surface area contributed by atoms with Gasteiger partial charge in [0.05, 0.1) is 11.1 Å². The van der Waals surface area contributed by atoms with Crippen LogP contribution in [0.4, 0.5) is 23.7 Å². The van der Waals surface area contributed by atoms with Gasteiger partial charge in [0, 0.05) is 36.5 Å². The fourth-order valence-electron chi connectivity index (χ4n) is 4.48. The molecule has 4 N–H and O–H groups in total. The Kier molecular flexibility index (Phi) is 5.50. The number of nitrogens with one attached hydrogen (secondary N) is 3. The topological polar surface area (TPSA) is 113 Å². The molecule has 3 aromatic rings. The van der Waals surface area contributed by atoms with E-state index in [4.69, 9.17) is 4.74 Å². The van der Waals surface area contributed by atoms with Gasteiger partial charge in [0.1, 0.15) is 22.9 Å². The van der Waals surface area contributed by atoms with Crippen LogP contribution in [0, 0.1) is 5.92 Å². The number of ether oxygens (including phenoxy) is 1. The summed E-state index contributed by atoms with van der Waals surface area (Å²) in [5.74, 6) is 0.432. The molecule has 1 aromatic heterocycles. The lowest BCUT2D eigenvalue weighted by Crippen LogP contribution is -2.36. The number of hydrogen-bond donors (Lipinski definition) is 4. The quantitative estimate of drug-likeness (QED) is 0.396. The Bertz CT molecular complexity index is 1360. The molecule has 8 nitrogen and oxygen atoms in total. The van der Waals surface area contributed by atoms with Gasteiger partial charge in [-0.2, -0.15) is 13.2 Å². The Balaban J connectivity index is 1.26. The summed E-state index contributed by atoms with van der Waals surface area (Å²) in [6.45, 7) is 0. The first-order valence-corrected chi connectivity index (χ1v) is 11.1. The molecule has 0 aliphatic heterocycles. The molecule has 0 saturated heterocycles. The number of phenolic OH excluding ortho intramolecular Hbond substituents is 1. The highest BCUT2D eigenvalue weighted by molar-refractivity contribution is 5.92. The summed E-state index contributed by atoms with van der Waals surface area (Å²) in [6.07, 6.45) is -2.38. The third-order valence-corrected chi connectivity index (χ3v) is 6.46. The van der Waals surface area contributed by atoms with Crippen LogP contribution in [0.1, 0.15) is 34.0 Å². The predicted molar refractivity (Wildman–Crippen MR) is 123 cm³/mol. The standard InChI is InChI=1S/C25H21F3N4O4/c1-29-22(34)19-11-16(7-8-30-19)36-15-5-6-20(33)17(10-15)21-18-12-24(18,21)32-23(35)31-14-4-2-3-13(9-14)25(26,27)28/h2-11,18,21,33H,12H2,1H3,(H,29,34)(H2,31,32,35). The first kappa shape index (κ1) is 23.5. The Morgan fingerprint density at radius 3 is 2.61 bits per heavy atom. The minimum atomic E-state index is -4.51. The molecule has 3 atom stereocenters. The van der Waals surface area contributed by atoms with Crippen LogP contribution >= 0.6 is 0 Å². The van der Waals surface area contributed by atoms with E-state index in [2.05, 4.69) is 20.9 Å². The average Bonchev–Trinajstić information content (AvgIpc) is 3.70. The van der Waals surface area contributed by atoms with Crippen LogP contribution in [0.2, 0.25) is 0 Å². The van der Waals surface area contributed by atoms with Crippen molar-refractivity contribution in [1.29, 1.82) is 0 Å². The number of rotatable bonds is 6. The van der Waals surface area contributed by atoms with E-state index >= 15 is 0 Å². The molecule has 2 aromatic carbocycles. The van der Waals surface area contributed by atoms with Gasteiger partial charge in [-0.15, -0.1) is 0 Å². The van der Waals surface area contributed by atoms with Gasteiger partial charge in [-0.3, -0.25) is 9.78 Å². The number of urea groups is 1. The van der Waals surface area contributed by atoms with Crippen LogP contribution in [-0.4, -0.2) is 34.6 Å². The zero-order valence-electron chi connectivity index (χ0n) is 18.9. The molecule has 0 radical (unpaired) electrons. The first-order valence-electron chi connectivity index (χ1n) is 11.1. The first-order chi connectivity index (χ1) is 17.1. The molecule has 2 aliphatic rings. The van der Waals surface area contributed by atoms with Gasteiger partial charge in [0.15, 0.2) is 0 Å². The SMILES string of the molecule is CNC(=O)c1cc(Oc2ccc(O)c(C3C4CC43NC(=O)Nc3cccc(C(F)(F)F)c3)c2)ccn1. The maximum absolute atomic E-state index is 12.9. The lowest BCUT2D eigenvalue weighted by atomic mass is 9.99. The van der Waals surface area contributed by atoms with Gasteiger partial charge in [0.25, 0.3) is 5.91 Å². The van der Waals surface area contributed by atoms with E-state index in [0.29, 0.717) is 23.5 Å². The van der Waals surface area contributed by atoms with Crippen LogP contribution in [0.3, 0.4) is 0 Å². The Labute approximate surface area is 203 Å². The molecule has 2 aliphatic carbocycles. The fraction of sp³-hybridized carbons (Fsp3) is 0.240. The van der Waals surface area contributed by atoms with Crippen LogP contribution in [0.5, 0.6) is 17.2 Å². The van der Waals surface area contributed by atoms with E-state index < -0.39 is 23.3 Å². The van der Waals surface area contributed by atoms with Crippen molar-refractivity contribution in [2.45, 2.75) is 24.1 Å². The van der Waals surface area contributed by atoms with Gasteiger partial charge in [-0.1, -0.05) is 6.07 Å². The summed E-state index contributed by atoms with van der Waals surface area (Å²) in [4.78, 5) is 28.3. The minimum Gasteiger partial charge on any atom is -0.508 e. The molecule has 2 fully saturated rings. The molecule has 0 bridgehead atoms. The van der Waals surface area contributed by atoms with Crippen LogP contribution in [0.15, 0.2) is 60.8 Å². The van der Waals surface area contributed by atoms with Crippen LogP contribution in [-0.2, 0) is 6.18 Å². The summed E-state index contributed by atoms with van der Waals surface area (Å²) in [5.41, 5.74) is -0.619. The zero-order valence-corrected chi connectivity index (χ0v) is 18.9. The zero-order chi connectivity index (χ0) is 25.7. The summed E-state index contributed by atoms with van der Waals surface area (Å²) in [7, 11) is 1.49. The fourth-order valence-corrected chi connectivity index (χ4v) is 4.48. The summed E-state index contributed by atoms with van der Waals surface area (Å²) in [6, 6.07) is 11.6. The number of amides is 3. The van der Waals surface area contributed by atoms with Crippen molar-refractivity contribution in [3.8, 4) is 17.2 Å². The third kappa shape index (κ3) is 4.39. The lowest BCUT2D eigenvalue weighted by molar-refractivity contribution is -0.137. The monoisotopic (exact) mass is 498 g/mol. The Hall–Kier alpha value is -4.28. The van der Waals surface area contributed by atoms with E-state index in [0.717, 1.165) is 12.1 Å². The third-order valence-electron chi connectivity index (χ3n) is 6.46. The number of halogens is 3. The summed E-state index contributed by atoms with van der Waals surface area (Å²) in [5, 5.41) is 18.2. The van der Waals surface area contributed by atoms with Crippen LogP contribution in [0.25, 0.3) is 0 Å². The molecule has 1 heterocycles. The normalized spacial score (nSPS) is 21.7. The number of carbonyl (C=O) groups is 2. The van der Waals surface area contributed by atoms with E-state index in [1.165, 1.54) is 37.5 Å². The number of aromatic hydroxyl groups is 1. The smallest absolute Gasteiger partial charge is 0.416 e. The summed E-state index contributed by atoms with van der Waals surface area (Å²) < 4.78 is 44.6. The van der Waals surface area contributed by atoms with Gasteiger partial charge >= 0.3 is 12.2 Å². The summed E-state index contributed by atoms with van der Waals surface area (Å²) >= 11 is 0. The molecular formula is C25H21F3N4O4. The van der Waals surface area contributed by atoms with Crippen molar-refractivity contribution >= 4 is 17.6 Å². The van der Waals surface area contributed by atoms with E-state index in [1.54, 1.807) is 18.2 Å². The molecule has 36 heavy (non-hydrogen) atoms. The largest absolute Gasteiger partial charge is 0.508 e. The van der Waals surface area contributed by atoms with Crippen molar-refractivity contribution in [3.63, 3.8) is 0 Å². The van der Waals surface area contributed by atoms with E-state index in [-0.39, 0.29) is 34.9 Å². The predicted octanol–water partition coefficient (Wildman–Crippen LogP) is 4.64. The molecular weight excluding hydrogens is 477 g/mol. The highest BCUT2D eigenvalue weighted by Crippen LogP contribution is 2.77. The van der Waals surface area contributed by atoms with E-state index in [1.807, 2.05) is 0 Å². The number of carbonyl (C=O) groups excluding carboxylic acids is 2. The number of alkyl halides is 3. The molecule has 5 rings (SSSR count). The van der Waals surface area contributed by atoms with Crippen molar-refractivity contribution < 1.29 is 32.6 Å². The number of nitrogens with zero attached hydrogens (tertiary/aromatic N) is 1. The van der Waals surface area contributed by atoms with Gasteiger partial charge in [-0.05, 0) is 54.8 Å². The second kappa shape index (κ2) is 8.43. The highest BCUT2D eigenvalue weighted by Gasteiger charge is 2.80. The van der Waals surface area contributed by atoms with Gasteiger partial charge in [-0.25, -0.2) is 4.79 Å². The van der Waals surface area contributed by atoms with Gasteiger partial charge in [0.2, 0.25) is 0 Å². The molecule has 2 saturated carbocycles. The molecule has 3 unspecified atom stereocenters. The second-order valence-corrected chi connectivity index (χ2v) is 8.76. The molecule has 3 amide bonds. The Morgan fingerprint density at radius 2 is 1.89 bits per heavy atom. The molecule has 0 spiro atoms. The lowest BCUT2D eigenvalue weighted by Gasteiger charge is -2.17. The van der Waals surface area contributed by atoms with Crippen LogP contribution < -0.4 is 20.7 Å². The number of fused-ring (bicyclic) bond motifs is 1. The second-order valence-electron chi connectivity index (χ2n) is 8.76. The highest BCUT2D eigenvalue weighted by atomic mass is 19.4. The van der Waals surface area contributed by atoms with Crippen molar-refractivity contribution in [3.05, 3.63) is 77.6 Å². The Morgan fingerprint density at radius 1 is 1.11 bits per heavy atom. The number of phenols is 1. The molecule has 186 valence electrons. The van der Waals surface area contributed by atoms with Crippen molar-refractivity contribution in [2.24, 2.45) is 5.92 Å². The maximum Gasteiger partial charge on any atom is 0.416 e. The minimum absolute atomic E-state index is 0.0276. The number of hydrogen-bond acceptors (Lipinski definition) is 5. The van der Waals surface area contributed by atoms with Crippen molar-refractivity contribution in [1.82, 2.24) is 15.6 Å². The van der Waals surface area contributed by atoms with E-state index in [9.17, 15) is 27.9 Å². The van der Waals surface area contributed by atoms with Crippen molar-refractivity contribution in [2.75, 3.05) is 12.4 Å². The molecule has 11 heteroatoms. The number of aromatic nitrogens is 1.